The number of rotatable bonds is 9. The maximum absolute atomic E-state index is 13.1. The van der Waals surface area contributed by atoms with Crippen molar-refractivity contribution < 1.29 is 88.0 Å². The minimum Gasteiger partial charge on any atom is -0.281 e. The summed E-state index contributed by atoms with van der Waals surface area (Å²) in [5.74, 6) is -33.1. The molecule has 183 valence electrons. The van der Waals surface area contributed by atoms with Crippen LogP contribution in [0.15, 0.2) is 0 Å². The quantitative estimate of drug-likeness (QED) is 0.189. The number of hydrogen-bond acceptors (Lipinski definition) is 3. The molecule has 0 amide bonds. The van der Waals surface area contributed by atoms with Gasteiger partial charge < -0.3 is 0 Å². The first-order chi connectivity index (χ1) is 12.5. The van der Waals surface area contributed by atoms with Crippen molar-refractivity contribution in [2.75, 3.05) is 0 Å². The number of alkyl halides is 17. The monoisotopic (exact) mass is 571 g/mol. The summed E-state index contributed by atoms with van der Waals surface area (Å²) < 4.78 is 234. The van der Waals surface area contributed by atoms with Crippen molar-refractivity contribution in [3.63, 3.8) is 0 Å². The summed E-state index contributed by atoms with van der Waals surface area (Å²) in [6.07, 6.45) is -15.7. The zero-order valence-corrected chi connectivity index (χ0v) is 18.2. The van der Waals surface area contributed by atoms with Crippen LogP contribution in [-0.2, 0) is 14.9 Å². The second kappa shape index (κ2) is 8.72. The van der Waals surface area contributed by atoms with E-state index >= 15 is 0 Å². The van der Waals surface area contributed by atoms with Crippen LogP contribution < -0.4 is 0 Å². The fourth-order valence-electron chi connectivity index (χ4n) is 1.19. The summed E-state index contributed by atoms with van der Waals surface area (Å²) in [4.78, 5) is 0. The molecule has 4 nitrogen and oxygen atoms in total. The Balaban J connectivity index is 0. The summed E-state index contributed by atoms with van der Waals surface area (Å²) in [5, 5.41) is -14.2. The summed E-state index contributed by atoms with van der Waals surface area (Å²) in [5.41, 5.74) is 0. The normalized spacial score (nSPS) is 16.2. The Morgan fingerprint density at radius 3 is 1.13 bits per heavy atom. The van der Waals surface area contributed by atoms with Crippen LogP contribution in [0.5, 0.6) is 0 Å². The fraction of sp³-hybridized carbons (Fsp3) is 1.00. The summed E-state index contributed by atoms with van der Waals surface area (Å²) in [6, 6.07) is 0. The number of halogens is 17. The van der Waals surface area contributed by atoms with Crippen LogP contribution in [0.2, 0.25) is 0 Å². The van der Waals surface area contributed by atoms with Gasteiger partial charge in [0.25, 0.3) is 0 Å². The van der Waals surface area contributed by atoms with Crippen molar-refractivity contribution in [3.05, 3.63) is 0 Å². The van der Waals surface area contributed by atoms with Gasteiger partial charge in [-0.25, -0.2) is 4.74 Å². The Morgan fingerprint density at radius 2 is 0.871 bits per heavy atom. The average molecular weight is 572 g/mol. The van der Waals surface area contributed by atoms with Crippen molar-refractivity contribution in [1.29, 1.82) is 0 Å². The van der Waals surface area contributed by atoms with Crippen molar-refractivity contribution in [2.24, 2.45) is 0 Å². The van der Waals surface area contributed by atoms with E-state index in [-0.39, 0.29) is 51.4 Å². The largest absolute Gasteiger partial charge is 0.460 e. The summed E-state index contributed by atoms with van der Waals surface area (Å²) in [6.45, 7) is 0. The molecular formula is C8HClF16KO4S. The van der Waals surface area contributed by atoms with E-state index < -0.39 is 56.7 Å². The first-order valence-corrected chi connectivity index (χ1v) is 7.66. The minimum absolute atomic E-state index is 0. The molecule has 0 saturated carbocycles. The van der Waals surface area contributed by atoms with Crippen LogP contribution in [0.4, 0.5) is 70.2 Å². The molecule has 0 fully saturated rings. The van der Waals surface area contributed by atoms with Gasteiger partial charge in [0.2, 0.25) is 0 Å². The molecular weight excluding hydrogens is 571 g/mol. The third-order valence-corrected chi connectivity index (χ3v) is 3.95. The standard InChI is InChI=1S/C8HClF16O4S.K/c9-5(18,19)3(14,15)1(10,11)2(12,13)4(16,17)6(20,21)29-7(22,23)8(24,25)30(26,27)28;/h(H,26,27,28);. The van der Waals surface area contributed by atoms with Crippen molar-refractivity contribution in [2.45, 2.75) is 46.5 Å². The Kier molecular flexibility index (Phi) is 9.52. The van der Waals surface area contributed by atoms with Crippen molar-refractivity contribution >= 4 is 73.1 Å². The molecule has 0 atom stereocenters. The van der Waals surface area contributed by atoms with Gasteiger partial charge in [-0.1, -0.05) is 0 Å². The molecule has 0 aliphatic rings. The zero-order chi connectivity index (χ0) is 25.2. The maximum Gasteiger partial charge on any atom is 0.460 e. The Labute approximate surface area is 206 Å². The van der Waals surface area contributed by atoms with Gasteiger partial charge in [-0.3, -0.25) is 4.55 Å². The van der Waals surface area contributed by atoms with Crippen LogP contribution >= 0.6 is 11.6 Å². The van der Waals surface area contributed by atoms with Gasteiger partial charge in [0.15, 0.2) is 0 Å². The van der Waals surface area contributed by atoms with Crippen molar-refractivity contribution in [1.82, 2.24) is 0 Å². The molecule has 0 unspecified atom stereocenters. The average Bonchev–Trinajstić information content (AvgIpc) is 2.42. The molecule has 0 rings (SSSR count). The molecule has 0 bridgehead atoms. The molecule has 0 aromatic rings. The van der Waals surface area contributed by atoms with E-state index in [1.807, 2.05) is 0 Å². The zero-order valence-electron chi connectivity index (χ0n) is 13.5. The van der Waals surface area contributed by atoms with Gasteiger partial charge in [0.05, 0.1) is 0 Å². The van der Waals surface area contributed by atoms with Crippen LogP contribution in [0.25, 0.3) is 0 Å². The van der Waals surface area contributed by atoms with E-state index in [2.05, 4.69) is 11.6 Å². The molecule has 23 heteroatoms. The van der Waals surface area contributed by atoms with E-state index in [9.17, 15) is 78.7 Å². The molecule has 1 N–H and O–H groups in total. The molecule has 0 saturated heterocycles. The summed E-state index contributed by atoms with van der Waals surface area (Å²) in [7, 11) is -7.54. The molecule has 31 heavy (non-hydrogen) atoms. The van der Waals surface area contributed by atoms with Crippen LogP contribution in [0, 0.1) is 0 Å². The SMILES string of the molecule is O=S(=O)(O)C(F)(F)C(F)(F)OC(F)(F)C(F)(F)C(F)(F)C(F)(F)C(F)(F)C(F)(F)Cl.[K]. The molecule has 0 aliphatic heterocycles. The minimum atomic E-state index is -8.51. The van der Waals surface area contributed by atoms with Gasteiger partial charge in [0.1, 0.15) is 0 Å². The molecule has 0 aromatic heterocycles. The molecule has 0 heterocycles. The Hall–Kier alpha value is 0.676. The van der Waals surface area contributed by atoms with E-state index in [0.29, 0.717) is 0 Å². The Morgan fingerprint density at radius 1 is 0.581 bits per heavy atom. The first-order valence-electron chi connectivity index (χ1n) is 5.84. The second-order valence-corrected chi connectivity index (χ2v) is 6.86. The number of hydrogen-bond donors (Lipinski definition) is 1. The molecule has 1 radical (unpaired) electrons. The van der Waals surface area contributed by atoms with E-state index in [4.69, 9.17) is 4.55 Å². The van der Waals surface area contributed by atoms with Gasteiger partial charge in [-0.15, -0.1) is 0 Å². The van der Waals surface area contributed by atoms with Crippen LogP contribution in [0.3, 0.4) is 0 Å². The van der Waals surface area contributed by atoms with E-state index in [1.54, 1.807) is 0 Å². The molecule has 0 aliphatic carbocycles. The van der Waals surface area contributed by atoms with Crippen LogP contribution in [0.1, 0.15) is 0 Å². The third-order valence-electron chi connectivity index (χ3n) is 2.82. The molecule has 0 spiro atoms. The predicted molar refractivity (Wildman–Crippen MR) is 63.8 cm³/mol. The predicted octanol–water partition coefficient (Wildman–Crippen LogP) is 4.66. The topological polar surface area (TPSA) is 63.6 Å². The van der Waals surface area contributed by atoms with Crippen molar-refractivity contribution in [3.8, 4) is 0 Å². The Bertz CT molecular complexity index is 762. The second-order valence-electron chi connectivity index (χ2n) is 4.92. The van der Waals surface area contributed by atoms with Gasteiger partial charge in [-0.05, 0) is 11.6 Å². The summed E-state index contributed by atoms with van der Waals surface area (Å²) >= 11 is 3.32. The van der Waals surface area contributed by atoms with Gasteiger partial charge in [0, 0.05) is 51.4 Å². The number of ether oxygens (including phenoxy) is 1. The first kappa shape index (κ1) is 33.8. The van der Waals surface area contributed by atoms with Gasteiger partial charge in [-0.2, -0.15) is 78.7 Å². The third kappa shape index (κ3) is 5.20. The smallest absolute Gasteiger partial charge is 0.281 e. The van der Waals surface area contributed by atoms with Crippen LogP contribution in [-0.4, -0.2) is 111 Å². The maximum atomic E-state index is 13.1. The van der Waals surface area contributed by atoms with E-state index in [0.717, 1.165) is 0 Å². The fourth-order valence-corrected chi connectivity index (χ4v) is 1.65. The van der Waals surface area contributed by atoms with E-state index in [1.165, 1.54) is 4.74 Å². The molecule has 0 aromatic carbocycles. The van der Waals surface area contributed by atoms with Gasteiger partial charge >= 0.3 is 56.7 Å².